The van der Waals surface area contributed by atoms with Gasteiger partial charge in [0, 0.05) is 38.8 Å². The average molecular weight is 494 g/mol. The van der Waals surface area contributed by atoms with Crippen LogP contribution in [0.1, 0.15) is 35.3 Å². The third-order valence-corrected chi connectivity index (χ3v) is 5.93. The van der Waals surface area contributed by atoms with Crippen LogP contribution in [-0.2, 0) is 0 Å². The van der Waals surface area contributed by atoms with Gasteiger partial charge in [-0.2, -0.15) is 0 Å². The Hall–Kier alpha value is -1.92. The summed E-state index contributed by atoms with van der Waals surface area (Å²) in [5.74, 6) is -0.283. The normalized spacial score (nSPS) is 19.1. The molecule has 0 unspecified atom stereocenters. The van der Waals surface area contributed by atoms with Crippen molar-refractivity contribution in [2.75, 3.05) is 0 Å². The van der Waals surface area contributed by atoms with Crippen molar-refractivity contribution < 1.29 is 9.50 Å². The SMILES string of the molecule is Oc1ccc(Br)cc1[C@H]1CC(c2ccc(Cl)cc2)=N[C@H](c2c(F)cccc2Cl)N1. The van der Waals surface area contributed by atoms with Gasteiger partial charge in [-0.05, 0) is 48.0 Å². The molecule has 2 N–H and O–H groups in total. The first-order valence-corrected chi connectivity index (χ1v) is 10.5. The summed E-state index contributed by atoms with van der Waals surface area (Å²) < 4.78 is 15.5. The van der Waals surface area contributed by atoms with Gasteiger partial charge in [0.2, 0.25) is 0 Å². The second-order valence-corrected chi connectivity index (χ2v) is 8.51. The Kier molecular flexibility index (Phi) is 5.93. The predicted molar refractivity (Wildman–Crippen MR) is 118 cm³/mol. The summed E-state index contributed by atoms with van der Waals surface area (Å²) in [7, 11) is 0. The zero-order chi connectivity index (χ0) is 20.5. The largest absolute Gasteiger partial charge is 0.508 e. The lowest BCUT2D eigenvalue weighted by atomic mass is 9.93. The molecule has 148 valence electrons. The number of hydrogen-bond acceptors (Lipinski definition) is 3. The van der Waals surface area contributed by atoms with Gasteiger partial charge in [-0.25, -0.2) is 4.39 Å². The molecule has 0 fully saturated rings. The summed E-state index contributed by atoms with van der Waals surface area (Å²) in [5, 5.41) is 14.7. The van der Waals surface area contributed by atoms with Gasteiger partial charge in [0.15, 0.2) is 0 Å². The summed E-state index contributed by atoms with van der Waals surface area (Å²) in [6, 6.07) is 16.8. The van der Waals surface area contributed by atoms with E-state index in [2.05, 4.69) is 21.2 Å². The van der Waals surface area contributed by atoms with Crippen molar-refractivity contribution >= 4 is 44.8 Å². The predicted octanol–water partition coefficient (Wildman–Crippen LogP) is 6.82. The highest BCUT2D eigenvalue weighted by Gasteiger charge is 2.30. The van der Waals surface area contributed by atoms with E-state index >= 15 is 0 Å². The summed E-state index contributed by atoms with van der Waals surface area (Å²) >= 11 is 15.8. The zero-order valence-electron chi connectivity index (χ0n) is 15.0. The van der Waals surface area contributed by atoms with Crippen LogP contribution in [0.15, 0.2) is 70.1 Å². The van der Waals surface area contributed by atoms with Crippen LogP contribution in [0.3, 0.4) is 0 Å². The van der Waals surface area contributed by atoms with Crippen LogP contribution in [0.25, 0.3) is 0 Å². The molecule has 3 aromatic rings. The molecule has 3 aromatic carbocycles. The van der Waals surface area contributed by atoms with Crippen LogP contribution in [0.5, 0.6) is 5.75 Å². The van der Waals surface area contributed by atoms with E-state index in [4.69, 9.17) is 28.2 Å². The summed E-state index contributed by atoms with van der Waals surface area (Å²) in [4.78, 5) is 4.75. The van der Waals surface area contributed by atoms with Crippen molar-refractivity contribution in [3.8, 4) is 5.75 Å². The molecule has 0 bridgehead atoms. The highest BCUT2D eigenvalue weighted by molar-refractivity contribution is 9.10. The molecule has 0 spiro atoms. The fraction of sp³-hybridized carbons (Fsp3) is 0.136. The molecule has 0 saturated carbocycles. The van der Waals surface area contributed by atoms with Gasteiger partial charge in [-0.15, -0.1) is 0 Å². The number of hydrogen-bond donors (Lipinski definition) is 2. The van der Waals surface area contributed by atoms with Crippen LogP contribution in [0.2, 0.25) is 10.0 Å². The number of aliphatic imine (C=N–C) groups is 1. The van der Waals surface area contributed by atoms with Gasteiger partial charge < -0.3 is 5.11 Å². The van der Waals surface area contributed by atoms with E-state index in [-0.39, 0.29) is 17.4 Å². The van der Waals surface area contributed by atoms with Gasteiger partial charge >= 0.3 is 0 Å². The minimum Gasteiger partial charge on any atom is -0.508 e. The minimum atomic E-state index is -0.702. The van der Waals surface area contributed by atoms with E-state index in [1.54, 1.807) is 36.4 Å². The molecule has 0 aromatic heterocycles. The van der Waals surface area contributed by atoms with Crippen molar-refractivity contribution in [3.05, 3.63) is 97.7 Å². The van der Waals surface area contributed by atoms with Gasteiger partial charge in [-0.3, -0.25) is 10.3 Å². The highest BCUT2D eigenvalue weighted by atomic mass is 79.9. The van der Waals surface area contributed by atoms with Crippen LogP contribution in [0, 0.1) is 5.82 Å². The molecular formula is C22H16BrCl2FN2O. The number of aromatic hydroxyl groups is 1. The van der Waals surface area contributed by atoms with Gasteiger partial charge in [0.05, 0.1) is 5.02 Å². The number of nitrogens with one attached hydrogen (secondary N) is 1. The molecule has 2 atom stereocenters. The number of rotatable bonds is 3. The molecular weight excluding hydrogens is 478 g/mol. The fourth-order valence-electron chi connectivity index (χ4n) is 3.45. The first-order chi connectivity index (χ1) is 13.9. The number of benzene rings is 3. The molecule has 3 nitrogen and oxygen atoms in total. The standard InChI is InChI=1S/C22H16BrCl2FN2O/c23-13-6-9-20(29)15(10-13)19-11-18(12-4-7-14(24)8-5-12)27-22(28-19)21-16(25)2-1-3-17(21)26/h1-10,19,22,28-29H,11H2/t19-,22+/m1/s1. The maximum absolute atomic E-state index is 14.6. The molecule has 0 radical (unpaired) electrons. The van der Waals surface area contributed by atoms with E-state index < -0.39 is 12.0 Å². The molecule has 29 heavy (non-hydrogen) atoms. The van der Waals surface area contributed by atoms with Crippen molar-refractivity contribution in [2.24, 2.45) is 4.99 Å². The maximum Gasteiger partial charge on any atom is 0.131 e. The molecule has 0 saturated heterocycles. The Bertz CT molecular complexity index is 1070. The van der Waals surface area contributed by atoms with Crippen molar-refractivity contribution in [1.29, 1.82) is 0 Å². The van der Waals surface area contributed by atoms with Crippen molar-refractivity contribution in [3.63, 3.8) is 0 Å². The van der Waals surface area contributed by atoms with E-state index in [1.807, 2.05) is 18.2 Å². The Labute approximate surface area is 186 Å². The second kappa shape index (κ2) is 8.44. The van der Waals surface area contributed by atoms with E-state index in [0.717, 1.165) is 15.7 Å². The van der Waals surface area contributed by atoms with Crippen molar-refractivity contribution in [2.45, 2.75) is 18.6 Å². The number of nitrogens with zero attached hydrogens (tertiary/aromatic N) is 1. The molecule has 1 aliphatic rings. The summed E-state index contributed by atoms with van der Waals surface area (Å²) in [6.45, 7) is 0. The van der Waals surface area contributed by atoms with Crippen LogP contribution >= 0.6 is 39.1 Å². The van der Waals surface area contributed by atoms with Gasteiger partial charge in [0.1, 0.15) is 17.7 Å². The van der Waals surface area contributed by atoms with Gasteiger partial charge in [0.25, 0.3) is 0 Å². The number of phenolic OH excluding ortho intramolecular Hbond substituents is 1. The monoisotopic (exact) mass is 492 g/mol. The van der Waals surface area contributed by atoms with E-state index in [1.165, 1.54) is 6.07 Å². The lowest BCUT2D eigenvalue weighted by molar-refractivity contribution is 0.405. The zero-order valence-corrected chi connectivity index (χ0v) is 18.1. The quantitative estimate of drug-likeness (QED) is 0.420. The van der Waals surface area contributed by atoms with E-state index in [0.29, 0.717) is 22.0 Å². The van der Waals surface area contributed by atoms with Crippen LogP contribution in [-0.4, -0.2) is 10.8 Å². The second-order valence-electron chi connectivity index (χ2n) is 6.75. The Morgan fingerprint density at radius 2 is 1.83 bits per heavy atom. The molecule has 0 aliphatic carbocycles. The van der Waals surface area contributed by atoms with E-state index in [9.17, 15) is 9.50 Å². The first kappa shape index (κ1) is 20.4. The summed E-state index contributed by atoms with van der Waals surface area (Å²) in [6.07, 6.45) is -0.194. The average Bonchev–Trinajstić information content (AvgIpc) is 2.70. The van der Waals surface area contributed by atoms with Gasteiger partial charge in [-0.1, -0.05) is 57.3 Å². The molecule has 0 amide bonds. The Morgan fingerprint density at radius 1 is 1.07 bits per heavy atom. The Morgan fingerprint density at radius 3 is 2.55 bits per heavy atom. The molecule has 1 heterocycles. The lowest BCUT2D eigenvalue weighted by Gasteiger charge is -2.31. The van der Waals surface area contributed by atoms with Crippen LogP contribution < -0.4 is 5.32 Å². The lowest BCUT2D eigenvalue weighted by Crippen LogP contribution is -2.33. The first-order valence-electron chi connectivity index (χ1n) is 8.93. The van der Waals surface area contributed by atoms with Crippen molar-refractivity contribution in [1.82, 2.24) is 5.32 Å². The maximum atomic E-state index is 14.6. The smallest absolute Gasteiger partial charge is 0.131 e. The molecule has 1 aliphatic heterocycles. The highest BCUT2D eigenvalue weighted by Crippen LogP contribution is 2.38. The van der Waals surface area contributed by atoms with Crippen LogP contribution in [0.4, 0.5) is 4.39 Å². The number of halogens is 4. The molecule has 7 heteroatoms. The third-order valence-electron chi connectivity index (χ3n) is 4.86. The molecule has 4 rings (SSSR count). The Balaban J connectivity index is 1.82. The number of phenols is 1. The minimum absolute atomic E-state index is 0.154. The third kappa shape index (κ3) is 4.33. The topological polar surface area (TPSA) is 44.6 Å². The summed E-state index contributed by atoms with van der Waals surface area (Å²) in [5.41, 5.74) is 2.62. The fourth-order valence-corrected chi connectivity index (χ4v) is 4.22.